The maximum atomic E-state index is 13.0. The summed E-state index contributed by atoms with van der Waals surface area (Å²) in [7, 11) is 1.65. The Morgan fingerprint density at radius 2 is 2.07 bits per heavy atom. The minimum absolute atomic E-state index is 0.0157. The third-order valence-corrected chi connectivity index (χ3v) is 5.77. The molecule has 3 aromatic rings. The van der Waals surface area contributed by atoms with Crippen LogP contribution in [0.15, 0.2) is 54.7 Å². The number of carbonyl (C=O) groups excluding carboxylic acids is 2. The fourth-order valence-electron chi connectivity index (χ4n) is 4.11. The lowest BCUT2D eigenvalue weighted by molar-refractivity contribution is -0.126. The van der Waals surface area contributed by atoms with Gasteiger partial charge in [-0.05, 0) is 54.5 Å². The van der Waals surface area contributed by atoms with Crippen molar-refractivity contribution in [3.63, 3.8) is 0 Å². The molecular weight excluding hydrogens is 378 g/mol. The second-order valence-corrected chi connectivity index (χ2v) is 7.72. The second-order valence-electron chi connectivity index (χ2n) is 7.72. The maximum absolute atomic E-state index is 13.0. The molecule has 2 heterocycles. The van der Waals surface area contributed by atoms with E-state index >= 15 is 0 Å². The molecule has 1 fully saturated rings. The first kappa shape index (κ1) is 20.0. The van der Waals surface area contributed by atoms with Gasteiger partial charge in [0.15, 0.2) is 0 Å². The average Bonchev–Trinajstić information content (AvgIpc) is 3.27. The molecule has 2 N–H and O–H groups in total. The Morgan fingerprint density at radius 1 is 1.20 bits per heavy atom. The van der Waals surface area contributed by atoms with Gasteiger partial charge in [0, 0.05) is 36.9 Å². The fourth-order valence-corrected chi connectivity index (χ4v) is 4.11. The van der Waals surface area contributed by atoms with E-state index in [0.717, 1.165) is 35.1 Å². The molecule has 0 bridgehead atoms. The summed E-state index contributed by atoms with van der Waals surface area (Å²) in [4.78, 5) is 30.6. The molecule has 1 unspecified atom stereocenters. The van der Waals surface area contributed by atoms with Crippen molar-refractivity contribution in [3.8, 4) is 5.75 Å². The number of methoxy groups -OCH3 is 1. The first-order chi connectivity index (χ1) is 14.7. The summed E-state index contributed by atoms with van der Waals surface area (Å²) in [6.45, 7) is 1.70. The summed E-state index contributed by atoms with van der Waals surface area (Å²) < 4.78 is 5.36. The number of rotatable bonds is 6. The van der Waals surface area contributed by atoms with Gasteiger partial charge in [-0.2, -0.15) is 0 Å². The number of hydrogen-bond donors (Lipinski definition) is 2. The van der Waals surface area contributed by atoms with E-state index in [1.165, 1.54) is 0 Å². The van der Waals surface area contributed by atoms with Crippen molar-refractivity contribution >= 4 is 22.7 Å². The van der Waals surface area contributed by atoms with Crippen molar-refractivity contribution in [2.24, 2.45) is 5.92 Å². The third-order valence-electron chi connectivity index (χ3n) is 5.77. The van der Waals surface area contributed by atoms with Crippen molar-refractivity contribution < 1.29 is 14.3 Å². The molecule has 0 radical (unpaired) electrons. The molecule has 6 nitrogen and oxygen atoms in total. The molecule has 1 atom stereocenters. The molecule has 156 valence electrons. The van der Waals surface area contributed by atoms with E-state index in [1.54, 1.807) is 12.0 Å². The van der Waals surface area contributed by atoms with Gasteiger partial charge >= 0.3 is 0 Å². The van der Waals surface area contributed by atoms with Crippen LogP contribution in [0.25, 0.3) is 10.9 Å². The van der Waals surface area contributed by atoms with Crippen LogP contribution in [0.2, 0.25) is 0 Å². The number of aromatic nitrogens is 1. The molecule has 0 aliphatic carbocycles. The Bertz CT molecular complexity index is 1040. The van der Waals surface area contributed by atoms with Crippen LogP contribution >= 0.6 is 0 Å². The van der Waals surface area contributed by atoms with Crippen LogP contribution in [-0.4, -0.2) is 48.4 Å². The Labute approximate surface area is 176 Å². The van der Waals surface area contributed by atoms with Gasteiger partial charge in [0.25, 0.3) is 5.91 Å². The number of para-hydroxylation sites is 1. The van der Waals surface area contributed by atoms with Crippen LogP contribution in [-0.2, 0) is 11.2 Å². The Morgan fingerprint density at radius 3 is 2.93 bits per heavy atom. The van der Waals surface area contributed by atoms with Crippen LogP contribution in [0.3, 0.4) is 0 Å². The number of aromatic amines is 1. The molecule has 0 spiro atoms. The van der Waals surface area contributed by atoms with Gasteiger partial charge in [-0.25, -0.2) is 0 Å². The smallest absolute Gasteiger partial charge is 0.253 e. The molecule has 1 aliphatic heterocycles. The number of H-pyrrole nitrogens is 1. The minimum atomic E-state index is -0.172. The zero-order valence-electron chi connectivity index (χ0n) is 17.2. The summed E-state index contributed by atoms with van der Waals surface area (Å²) >= 11 is 0. The first-order valence-electron chi connectivity index (χ1n) is 10.4. The predicted molar refractivity (Wildman–Crippen MR) is 117 cm³/mol. The van der Waals surface area contributed by atoms with Crippen molar-refractivity contribution in [3.05, 3.63) is 65.9 Å². The topological polar surface area (TPSA) is 74.4 Å². The second kappa shape index (κ2) is 9.03. The molecule has 4 rings (SSSR count). The lowest BCUT2D eigenvalue weighted by Gasteiger charge is -2.32. The van der Waals surface area contributed by atoms with Crippen LogP contribution in [0.5, 0.6) is 5.75 Å². The summed E-state index contributed by atoms with van der Waals surface area (Å²) in [5, 5.41) is 4.12. The van der Waals surface area contributed by atoms with E-state index in [9.17, 15) is 9.59 Å². The highest BCUT2D eigenvalue weighted by atomic mass is 16.5. The van der Waals surface area contributed by atoms with E-state index in [4.69, 9.17) is 4.74 Å². The Kier molecular flexibility index (Phi) is 6.02. The summed E-state index contributed by atoms with van der Waals surface area (Å²) in [6.07, 6.45) is 4.22. The van der Waals surface area contributed by atoms with E-state index < -0.39 is 0 Å². The molecule has 2 amide bonds. The highest BCUT2D eigenvalue weighted by Gasteiger charge is 2.28. The molecule has 1 saturated heterocycles. The number of piperidine rings is 1. The minimum Gasteiger partial charge on any atom is -0.496 e. The fraction of sp³-hybridized carbons (Fsp3) is 0.333. The largest absolute Gasteiger partial charge is 0.496 e. The summed E-state index contributed by atoms with van der Waals surface area (Å²) in [6, 6.07) is 15.5. The molecule has 30 heavy (non-hydrogen) atoms. The maximum Gasteiger partial charge on any atom is 0.253 e. The molecule has 1 aliphatic rings. The Balaban J connectivity index is 1.33. The van der Waals surface area contributed by atoms with Gasteiger partial charge in [-0.3, -0.25) is 9.59 Å². The highest BCUT2D eigenvalue weighted by molar-refractivity contribution is 5.98. The quantitative estimate of drug-likeness (QED) is 0.660. The number of nitrogens with one attached hydrogen (secondary N) is 2. The number of benzene rings is 2. The van der Waals surface area contributed by atoms with Crippen molar-refractivity contribution in [1.82, 2.24) is 15.2 Å². The number of carbonyl (C=O) groups is 2. The van der Waals surface area contributed by atoms with Crippen LogP contribution < -0.4 is 10.1 Å². The number of amides is 2. The van der Waals surface area contributed by atoms with Gasteiger partial charge in [-0.15, -0.1) is 0 Å². The number of likely N-dealkylation sites (tertiary alicyclic amines) is 1. The van der Waals surface area contributed by atoms with Gasteiger partial charge in [-0.1, -0.05) is 24.3 Å². The van der Waals surface area contributed by atoms with Crippen LogP contribution in [0.1, 0.15) is 28.8 Å². The van der Waals surface area contributed by atoms with Crippen molar-refractivity contribution in [2.45, 2.75) is 19.3 Å². The van der Waals surface area contributed by atoms with Crippen molar-refractivity contribution in [2.75, 3.05) is 26.7 Å². The van der Waals surface area contributed by atoms with Gasteiger partial charge in [0.05, 0.1) is 13.0 Å². The number of ether oxygens (including phenoxy) is 1. The lowest BCUT2D eigenvalue weighted by atomic mass is 9.96. The standard InChI is InChI=1S/C24H27N3O3/c1-30-22-7-3-2-5-18(22)11-13-26-23(28)20-6-4-14-27(16-20)24(29)19-9-8-17-10-12-25-21(17)15-19/h2-3,5,7-10,12,15,20,25H,4,6,11,13-14,16H2,1H3,(H,26,28). The van der Waals surface area contributed by atoms with Crippen LogP contribution in [0, 0.1) is 5.92 Å². The van der Waals surface area contributed by atoms with Crippen LogP contribution in [0.4, 0.5) is 0 Å². The molecule has 6 heteroatoms. The monoisotopic (exact) mass is 405 g/mol. The molecule has 2 aromatic carbocycles. The number of nitrogens with zero attached hydrogens (tertiary/aromatic N) is 1. The first-order valence-corrected chi connectivity index (χ1v) is 10.4. The molecule has 0 saturated carbocycles. The summed E-state index contributed by atoms with van der Waals surface area (Å²) in [5.74, 6) is 0.662. The summed E-state index contributed by atoms with van der Waals surface area (Å²) in [5.41, 5.74) is 2.67. The van der Waals surface area contributed by atoms with Gasteiger partial charge in [0.2, 0.25) is 5.91 Å². The highest BCUT2D eigenvalue weighted by Crippen LogP contribution is 2.21. The number of fused-ring (bicyclic) bond motifs is 1. The molecular formula is C24H27N3O3. The average molecular weight is 405 g/mol. The lowest BCUT2D eigenvalue weighted by Crippen LogP contribution is -2.45. The van der Waals surface area contributed by atoms with E-state index in [0.29, 0.717) is 31.6 Å². The third kappa shape index (κ3) is 4.32. The van der Waals surface area contributed by atoms with Gasteiger partial charge in [0.1, 0.15) is 5.75 Å². The van der Waals surface area contributed by atoms with Gasteiger partial charge < -0.3 is 19.9 Å². The predicted octanol–water partition coefficient (Wildman–Crippen LogP) is 3.39. The zero-order chi connectivity index (χ0) is 20.9. The van der Waals surface area contributed by atoms with Crippen molar-refractivity contribution in [1.29, 1.82) is 0 Å². The SMILES string of the molecule is COc1ccccc1CCNC(=O)C1CCCN(C(=O)c2ccc3cc[nH]c3c2)C1. The van der Waals surface area contributed by atoms with E-state index in [2.05, 4.69) is 10.3 Å². The van der Waals surface area contributed by atoms with E-state index in [1.807, 2.05) is 54.7 Å². The number of hydrogen-bond acceptors (Lipinski definition) is 3. The zero-order valence-corrected chi connectivity index (χ0v) is 17.2. The van der Waals surface area contributed by atoms with E-state index in [-0.39, 0.29) is 17.7 Å². The normalized spacial score (nSPS) is 16.4. The Hall–Kier alpha value is -3.28. The molecule has 1 aromatic heterocycles.